The van der Waals surface area contributed by atoms with Gasteiger partial charge in [0.25, 0.3) is 0 Å². The van der Waals surface area contributed by atoms with Gasteiger partial charge in [-0.3, -0.25) is 0 Å². The molecular weight excluding hydrogens is 218 g/mol. The maximum absolute atomic E-state index is 9.66. The number of piperidine rings is 1. The van der Waals surface area contributed by atoms with Crippen LogP contribution in [0.4, 0.5) is 11.5 Å². The molecule has 1 saturated heterocycles. The Morgan fingerprint density at radius 3 is 3.18 bits per heavy atom. The van der Waals surface area contributed by atoms with Crippen LogP contribution in [0.15, 0.2) is 18.5 Å². The molecule has 3 rings (SSSR count). The monoisotopic (exact) mass is 233 g/mol. The number of nitrogens with two attached hydrogens (primary N) is 1. The Morgan fingerprint density at radius 1 is 1.47 bits per heavy atom. The zero-order valence-corrected chi connectivity index (χ0v) is 9.45. The number of nitrogen functional groups attached to an aromatic ring is 1. The number of anilines is 2. The zero-order chi connectivity index (χ0) is 11.8. The molecule has 17 heavy (non-hydrogen) atoms. The van der Waals surface area contributed by atoms with Crippen LogP contribution in [0.3, 0.4) is 0 Å². The van der Waals surface area contributed by atoms with Crippen LogP contribution in [0.5, 0.6) is 0 Å². The van der Waals surface area contributed by atoms with Crippen molar-refractivity contribution < 1.29 is 5.11 Å². The van der Waals surface area contributed by atoms with Crippen molar-refractivity contribution in [1.29, 1.82) is 0 Å². The molecule has 1 atom stereocenters. The van der Waals surface area contributed by atoms with Crippen molar-refractivity contribution in [2.24, 2.45) is 0 Å². The molecule has 0 bridgehead atoms. The van der Waals surface area contributed by atoms with Gasteiger partial charge >= 0.3 is 0 Å². The second kappa shape index (κ2) is 3.89. The molecule has 3 heterocycles. The van der Waals surface area contributed by atoms with Gasteiger partial charge in [-0.05, 0) is 18.9 Å². The molecule has 6 heteroatoms. The fraction of sp³-hybridized carbons (Fsp3) is 0.455. The molecule has 6 nitrogen and oxygen atoms in total. The molecule has 1 aliphatic rings. The highest BCUT2D eigenvalue weighted by atomic mass is 16.3. The second-order valence-electron chi connectivity index (χ2n) is 4.40. The van der Waals surface area contributed by atoms with Crippen molar-refractivity contribution in [3.05, 3.63) is 18.5 Å². The third-order valence-corrected chi connectivity index (χ3v) is 3.10. The van der Waals surface area contributed by atoms with Crippen molar-refractivity contribution in [2.45, 2.75) is 18.9 Å². The number of aliphatic hydroxyl groups is 1. The summed E-state index contributed by atoms with van der Waals surface area (Å²) in [5.41, 5.74) is 7.03. The Balaban J connectivity index is 1.96. The van der Waals surface area contributed by atoms with Gasteiger partial charge in [-0.1, -0.05) is 0 Å². The summed E-state index contributed by atoms with van der Waals surface area (Å²) in [5.74, 6) is 0.850. The molecule has 2 aromatic rings. The minimum atomic E-state index is -0.260. The first-order chi connectivity index (χ1) is 8.24. The van der Waals surface area contributed by atoms with Gasteiger partial charge in [0.1, 0.15) is 5.82 Å². The Hall–Kier alpha value is -1.82. The Kier molecular flexibility index (Phi) is 2.36. The van der Waals surface area contributed by atoms with Crippen LogP contribution in [0.2, 0.25) is 0 Å². The van der Waals surface area contributed by atoms with Crippen molar-refractivity contribution >= 4 is 17.2 Å². The highest BCUT2D eigenvalue weighted by Gasteiger charge is 2.19. The average molecular weight is 233 g/mol. The summed E-state index contributed by atoms with van der Waals surface area (Å²) in [4.78, 5) is 6.57. The minimum Gasteiger partial charge on any atom is -0.394 e. The summed E-state index contributed by atoms with van der Waals surface area (Å²) in [6, 6.07) is 1.90. The minimum absolute atomic E-state index is 0.260. The first kappa shape index (κ1) is 10.3. The first-order valence-corrected chi connectivity index (χ1v) is 5.77. The smallest absolute Gasteiger partial charge is 0.180 e. The van der Waals surface area contributed by atoms with Crippen LogP contribution >= 0.6 is 0 Å². The van der Waals surface area contributed by atoms with Gasteiger partial charge in [0, 0.05) is 19.3 Å². The van der Waals surface area contributed by atoms with E-state index in [0.717, 1.165) is 25.2 Å². The van der Waals surface area contributed by atoms with E-state index in [-0.39, 0.29) is 6.10 Å². The molecule has 0 amide bonds. The molecule has 0 aliphatic carbocycles. The largest absolute Gasteiger partial charge is 0.394 e. The number of aromatic nitrogens is 3. The lowest BCUT2D eigenvalue weighted by molar-refractivity contribution is 0.154. The van der Waals surface area contributed by atoms with E-state index >= 15 is 0 Å². The number of hydrogen-bond donors (Lipinski definition) is 2. The SMILES string of the molecule is Nc1cnn2ccc(N3CCC[C@@H](O)C3)nc12. The van der Waals surface area contributed by atoms with Gasteiger partial charge in [-0.15, -0.1) is 0 Å². The fourth-order valence-electron chi connectivity index (χ4n) is 2.22. The fourth-order valence-corrected chi connectivity index (χ4v) is 2.22. The summed E-state index contributed by atoms with van der Waals surface area (Å²) in [6.45, 7) is 1.56. The summed E-state index contributed by atoms with van der Waals surface area (Å²) < 4.78 is 1.65. The first-order valence-electron chi connectivity index (χ1n) is 5.77. The predicted molar refractivity (Wildman–Crippen MR) is 64.9 cm³/mol. The maximum atomic E-state index is 9.66. The maximum Gasteiger partial charge on any atom is 0.180 e. The molecule has 90 valence electrons. The number of aliphatic hydroxyl groups excluding tert-OH is 1. The molecule has 0 spiro atoms. The standard InChI is InChI=1S/C11H15N5O/c12-9-6-13-16-5-3-10(14-11(9)16)15-4-1-2-8(17)7-15/h3,5-6,8,17H,1-2,4,7,12H2/t8-/m1/s1. The van der Waals surface area contributed by atoms with E-state index in [0.29, 0.717) is 17.9 Å². The number of rotatable bonds is 1. The van der Waals surface area contributed by atoms with E-state index < -0.39 is 0 Å². The zero-order valence-electron chi connectivity index (χ0n) is 9.45. The third kappa shape index (κ3) is 1.80. The average Bonchev–Trinajstić information content (AvgIpc) is 2.71. The van der Waals surface area contributed by atoms with E-state index in [1.54, 1.807) is 10.7 Å². The number of fused-ring (bicyclic) bond motifs is 1. The summed E-state index contributed by atoms with van der Waals surface area (Å²) in [5, 5.41) is 13.7. The van der Waals surface area contributed by atoms with Gasteiger partial charge in [-0.2, -0.15) is 5.10 Å². The molecule has 0 aromatic carbocycles. The molecule has 1 fully saturated rings. The molecule has 3 N–H and O–H groups in total. The Morgan fingerprint density at radius 2 is 2.35 bits per heavy atom. The van der Waals surface area contributed by atoms with Crippen molar-refractivity contribution in [1.82, 2.24) is 14.6 Å². The van der Waals surface area contributed by atoms with Gasteiger partial charge in [0.2, 0.25) is 0 Å². The molecule has 0 radical (unpaired) electrons. The van der Waals surface area contributed by atoms with Crippen LogP contribution in [-0.4, -0.2) is 38.9 Å². The van der Waals surface area contributed by atoms with E-state index in [9.17, 15) is 5.11 Å². The van der Waals surface area contributed by atoms with Crippen molar-refractivity contribution in [2.75, 3.05) is 23.7 Å². The Bertz CT molecular complexity index is 538. The highest BCUT2D eigenvalue weighted by molar-refractivity contribution is 5.65. The topological polar surface area (TPSA) is 79.7 Å². The summed E-state index contributed by atoms with van der Waals surface area (Å²) in [6.07, 6.45) is 5.03. The summed E-state index contributed by atoms with van der Waals surface area (Å²) >= 11 is 0. The quantitative estimate of drug-likeness (QED) is 0.739. The van der Waals surface area contributed by atoms with Crippen LogP contribution in [0.1, 0.15) is 12.8 Å². The Labute approximate surface area is 98.7 Å². The molecule has 0 saturated carbocycles. The van der Waals surface area contributed by atoms with Crippen molar-refractivity contribution in [3.63, 3.8) is 0 Å². The van der Waals surface area contributed by atoms with E-state index in [1.807, 2.05) is 12.3 Å². The third-order valence-electron chi connectivity index (χ3n) is 3.10. The van der Waals surface area contributed by atoms with Gasteiger partial charge in [0.15, 0.2) is 5.65 Å². The molecular formula is C11H15N5O. The number of nitrogens with zero attached hydrogens (tertiary/aromatic N) is 4. The molecule has 1 aliphatic heterocycles. The van der Waals surface area contributed by atoms with Crippen LogP contribution < -0.4 is 10.6 Å². The van der Waals surface area contributed by atoms with Crippen LogP contribution in [0.25, 0.3) is 5.65 Å². The van der Waals surface area contributed by atoms with Gasteiger partial charge < -0.3 is 15.7 Å². The second-order valence-corrected chi connectivity index (χ2v) is 4.40. The normalized spacial score (nSPS) is 21.0. The lowest BCUT2D eigenvalue weighted by Gasteiger charge is -2.30. The predicted octanol–water partition coefficient (Wildman–Crippen LogP) is 0.273. The lowest BCUT2D eigenvalue weighted by Crippen LogP contribution is -2.38. The van der Waals surface area contributed by atoms with E-state index in [4.69, 9.17) is 5.73 Å². The number of β-amino-alcohol motifs (C(OH)–C–C–N with tert-alkyl or cyclic N) is 1. The van der Waals surface area contributed by atoms with E-state index in [2.05, 4.69) is 15.0 Å². The van der Waals surface area contributed by atoms with Gasteiger partial charge in [-0.25, -0.2) is 9.50 Å². The lowest BCUT2D eigenvalue weighted by atomic mass is 10.1. The number of hydrogen-bond acceptors (Lipinski definition) is 5. The van der Waals surface area contributed by atoms with Crippen LogP contribution in [0, 0.1) is 0 Å². The highest BCUT2D eigenvalue weighted by Crippen LogP contribution is 2.20. The molecule has 2 aromatic heterocycles. The van der Waals surface area contributed by atoms with Crippen LogP contribution in [-0.2, 0) is 0 Å². The molecule has 0 unspecified atom stereocenters. The van der Waals surface area contributed by atoms with E-state index in [1.165, 1.54) is 0 Å². The van der Waals surface area contributed by atoms with Crippen molar-refractivity contribution in [3.8, 4) is 0 Å². The van der Waals surface area contributed by atoms with Gasteiger partial charge in [0.05, 0.1) is 18.0 Å². The summed E-state index contributed by atoms with van der Waals surface area (Å²) in [7, 11) is 0.